The number of hydrogen-bond acceptors (Lipinski definition) is 1. The minimum atomic E-state index is 0.381. The van der Waals surface area contributed by atoms with Crippen LogP contribution < -0.4 is 5.32 Å². The summed E-state index contributed by atoms with van der Waals surface area (Å²) in [5, 5.41) is 3.59. The Morgan fingerprint density at radius 1 is 1.20 bits per heavy atom. The maximum atomic E-state index is 3.59. The van der Waals surface area contributed by atoms with Gasteiger partial charge in [0.2, 0.25) is 0 Å². The zero-order valence-corrected chi connectivity index (χ0v) is 10.3. The molecule has 0 aliphatic carbocycles. The third kappa shape index (κ3) is 1.45. The first-order valence-corrected chi connectivity index (χ1v) is 5.98. The van der Waals surface area contributed by atoms with E-state index in [1.807, 2.05) is 0 Å². The molecule has 0 bridgehead atoms. The van der Waals surface area contributed by atoms with Crippen LogP contribution in [0.1, 0.15) is 43.4 Å². The third-order valence-corrected chi connectivity index (χ3v) is 4.01. The topological polar surface area (TPSA) is 12.0 Å². The summed E-state index contributed by atoms with van der Waals surface area (Å²) in [7, 11) is 0. The summed E-state index contributed by atoms with van der Waals surface area (Å²) in [5.74, 6) is 0. The summed E-state index contributed by atoms with van der Waals surface area (Å²) in [6.45, 7) is 10.1. The number of nitrogens with one attached hydrogen (secondary N) is 1. The highest BCUT2D eigenvalue weighted by Gasteiger charge is 2.36. The molecule has 1 aromatic rings. The second-order valence-electron chi connectivity index (χ2n) is 4.85. The van der Waals surface area contributed by atoms with Gasteiger partial charge < -0.3 is 5.32 Å². The van der Waals surface area contributed by atoms with Crippen LogP contribution in [0.3, 0.4) is 0 Å². The summed E-state index contributed by atoms with van der Waals surface area (Å²) >= 11 is 0. The number of rotatable bonds is 2. The van der Waals surface area contributed by atoms with E-state index in [1.165, 1.54) is 29.7 Å². The van der Waals surface area contributed by atoms with Crippen LogP contribution in [0.2, 0.25) is 0 Å². The summed E-state index contributed by atoms with van der Waals surface area (Å²) in [5.41, 5.74) is 6.11. The first-order valence-electron chi connectivity index (χ1n) is 5.98. The Labute approximate surface area is 92.9 Å². The van der Waals surface area contributed by atoms with Gasteiger partial charge in [-0.1, -0.05) is 31.5 Å². The van der Waals surface area contributed by atoms with Gasteiger partial charge in [0.25, 0.3) is 0 Å². The average molecular weight is 203 g/mol. The van der Waals surface area contributed by atoms with E-state index >= 15 is 0 Å². The van der Waals surface area contributed by atoms with Gasteiger partial charge in [-0.3, -0.25) is 0 Å². The highest BCUT2D eigenvalue weighted by atomic mass is 14.9. The predicted octanol–water partition coefficient (Wildman–Crippen LogP) is 3.79. The van der Waals surface area contributed by atoms with E-state index < -0.39 is 0 Å². The van der Waals surface area contributed by atoms with Crippen molar-refractivity contribution in [1.82, 2.24) is 0 Å². The van der Waals surface area contributed by atoms with Gasteiger partial charge in [0.15, 0.2) is 0 Å². The first-order chi connectivity index (χ1) is 7.13. The SMILES string of the molecule is CCC1(CC)CNc2c(C)cc(C)cc21. The lowest BCUT2D eigenvalue weighted by Crippen LogP contribution is -2.26. The average Bonchev–Trinajstić information content (AvgIpc) is 2.57. The van der Waals surface area contributed by atoms with Crippen LogP contribution in [-0.2, 0) is 5.41 Å². The van der Waals surface area contributed by atoms with Crippen LogP contribution in [0, 0.1) is 13.8 Å². The molecule has 15 heavy (non-hydrogen) atoms. The molecule has 1 heteroatoms. The molecule has 0 fully saturated rings. The second kappa shape index (κ2) is 3.55. The van der Waals surface area contributed by atoms with E-state index in [1.54, 1.807) is 5.56 Å². The molecule has 1 aromatic carbocycles. The second-order valence-corrected chi connectivity index (χ2v) is 4.85. The van der Waals surface area contributed by atoms with Gasteiger partial charge in [-0.2, -0.15) is 0 Å². The monoisotopic (exact) mass is 203 g/mol. The minimum Gasteiger partial charge on any atom is -0.384 e. The van der Waals surface area contributed by atoms with Gasteiger partial charge in [-0.05, 0) is 37.8 Å². The smallest absolute Gasteiger partial charge is 0.0409 e. The van der Waals surface area contributed by atoms with Gasteiger partial charge in [0.05, 0.1) is 0 Å². The van der Waals surface area contributed by atoms with Gasteiger partial charge in [0.1, 0.15) is 0 Å². The molecule has 0 unspecified atom stereocenters. The van der Waals surface area contributed by atoms with Crippen molar-refractivity contribution in [2.45, 2.75) is 46.0 Å². The molecule has 0 aromatic heterocycles. The van der Waals surface area contributed by atoms with Crippen molar-refractivity contribution in [1.29, 1.82) is 0 Å². The number of aryl methyl sites for hydroxylation is 2. The highest BCUT2D eigenvalue weighted by Crippen LogP contribution is 2.43. The van der Waals surface area contributed by atoms with Crippen LogP contribution in [0.5, 0.6) is 0 Å². The summed E-state index contributed by atoms with van der Waals surface area (Å²) in [6, 6.07) is 4.64. The van der Waals surface area contributed by atoms with E-state index in [4.69, 9.17) is 0 Å². The minimum absolute atomic E-state index is 0.381. The van der Waals surface area contributed by atoms with Gasteiger partial charge >= 0.3 is 0 Å². The van der Waals surface area contributed by atoms with E-state index in [0.29, 0.717) is 5.41 Å². The number of anilines is 1. The molecule has 0 radical (unpaired) electrons. The summed E-state index contributed by atoms with van der Waals surface area (Å²) < 4.78 is 0. The lowest BCUT2D eigenvalue weighted by Gasteiger charge is -2.26. The molecule has 1 aliphatic heterocycles. The zero-order valence-electron chi connectivity index (χ0n) is 10.3. The fourth-order valence-corrected chi connectivity index (χ4v) is 2.85. The van der Waals surface area contributed by atoms with Gasteiger partial charge in [-0.25, -0.2) is 0 Å². The van der Waals surface area contributed by atoms with Crippen molar-refractivity contribution in [2.24, 2.45) is 0 Å². The van der Waals surface area contributed by atoms with Crippen LogP contribution in [0.4, 0.5) is 5.69 Å². The van der Waals surface area contributed by atoms with Crippen molar-refractivity contribution >= 4 is 5.69 Å². The maximum absolute atomic E-state index is 3.59. The molecule has 0 spiro atoms. The number of fused-ring (bicyclic) bond motifs is 1. The van der Waals surface area contributed by atoms with Crippen LogP contribution >= 0.6 is 0 Å². The molecule has 2 rings (SSSR count). The fourth-order valence-electron chi connectivity index (χ4n) is 2.85. The standard InChI is InChI=1S/C14H21N/c1-5-14(6-2)9-15-13-11(4)7-10(3)8-12(13)14/h7-8,15H,5-6,9H2,1-4H3. The van der Waals surface area contributed by atoms with E-state index in [2.05, 4.69) is 45.1 Å². The quantitative estimate of drug-likeness (QED) is 0.771. The Morgan fingerprint density at radius 2 is 1.87 bits per heavy atom. The molecule has 0 saturated carbocycles. The largest absolute Gasteiger partial charge is 0.384 e. The molecule has 1 heterocycles. The van der Waals surface area contributed by atoms with E-state index in [0.717, 1.165) is 6.54 Å². The van der Waals surface area contributed by atoms with Crippen molar-refractivity contribution in [3.63, 3.8) is 0 Å². The van der Waals surface area contributed by atoms with Crippen molar-refractivity contribution in [3.05, 3.63) is 28.8 Å². The Bertz CT molecular complexity index is 375. The van der Waals surface area contributed by atoms with Crippen LogP contribution in [0.15, 0.2) is 12.1 Å². The molecule has 1 N–H and O–H groups in total. The normalized spacial score (nSPS) is 17.3. The summed E-state index contributed by atoms with van der Waals surface area (Å²) in [4.78, 5) is 0. The van der Waals surface area contributed by atoms with Gasteiger partial charge in [0, 0.05) is 17.6 Å². The molecular weight excluding hydrogens is 182 g/mol. The Morgan fingerprint density at radius 3 is 2.47 bits per heavy atom. The molecule has 1 aliphatic rings. The molecule has 0 saturated heterocycles. The summed E-state index contributed by atoms with van der Waals surface area (Å²) in [6.07, 6.45) is 2.46. The fraction of sp³-hybridized carbons (Fsp3) is 0.571. The van der Waals surface area contributed by atoms with Crippen molar-refractivity contribution in [2.75, 3.05) is 11.9 Å². The molecule has 0 atom stereocenters. The molecular formula is C14H21N. The predicted molar refractivity (Wildman–Crippen MR) is 66.7 cm³/mol. The number of benzene rings is 1. The maximum Gasteiger partial charge on any atom is 0.0409 e. The van der Waals surface area contributed by atoms with E-state index in [-0.39, 0.29) is 0 Å². The van der Waals surface area contributed by atoms with E-state index in [9.17, 15) is 0 Å². The molecule has 0 amide bonds. The first kappa shape index (κ1) is 10.5. The highest BCUT2D eigenvalue weighted by molar-refractivity contribution is 5.65. The van der Waals surface area contributed by atoms with Crippen LogP contribution in [0.25, 0.3) is 0 Å². The third-order valence-electron chi connectivity index (χ3n) is 4.01. The van der Waals surface area contributed by atoms with Crippen molar-refractivity contribution in [3.8, 4) is 0 Å². The zero-order chi connectivity index (χ0) is 11.1. The molecule has 1 nitrogen and oxygen atoms in total. The lowest BCUT2D eigenvalue weighted by atomic mass is 9.77. The van der Waals surface area contributed by atoms with Gasteiger partial charge in [-0.15, -0.1) is 0 Å². The van der Waals surface area contributed by atoms with Crippen molar-refractivity contribution < 1.29 is 0 Å². The molecule has 82 valence electrons. The van der Waals surface area contributed by atoms with Crippen LogP contribution in [-0.4, -0.2) is 6.54 Å². The Hall–Kier alpha value is -0.980. The number of hydrogen-bond donors (Lipinski definition) is 1. The lowest BCUT2D eigenvalue weighted by molar-refractivity contribution is 0.437. The Kier molecular flexibility index (Phi) is 2.49. The Balaban J connectivity index is 2.59.